The maximum atomic E-state index is 13.7. The van der Waals surface area contributed by atoms with Crippen LogP contribution in [0.15, 0.2) is 84.9 Å². The Morgan fingerprint density at radius 1 is 0.767 bits per heavy atom. The average molecular weight is 586 g/mol. The molecule has 43 heavy (non-hydrogen) atoms. The van der Waals surface area contributed by atoms with E-state index in [0.29, 0.717) is 13.0 Å². The second-order valence-electron chi connectivity index (χ2n) is 10.9. The Morgan fingerprint density at radius 3 is 1.91 bits per heavy atom. The van der Waals surface area contributed by atoms with Crippen molar-refractivity contribution in [3.8, 4) is 5.75 Å². The molecule has 4 rings (SSSR count). The first-order valence-corrected chi connectivity index (χ1v) is 14.5. The lowest BCUT2D eigenvalue weighted by Gasteiger charge is -2.37. The molecule has 10 nitrogen and oxygen atoms in total. The van der Waals surface area contributed by atoms with Gasteiger partial charge in [-0.3, -0.25) is 19.2 Å². The Kier molecular flexibility index (Phi) is 10.9. The van der Waals surface area contributed by atoms with Gasteiger partial charge in [0.15, 0.2) is 0 Å². The molecule has 1 aliphatic rings. The van der Waals surface area contributed by atoms with Crippen LogP contribution in [-0.2, 0) is 38.4 Å². The van der Waals surface area contributed by atoms with Gasteiger partial charge in [-0.1, -0.05) is 72.8 Å². The maximum Gasteiger partial charge on any atom is 0.243 e. The van der Waals surface area contributed by atoms with Gasteiger partial charge in [-0.2, -0.15) is 0 Å². The van der Waals surface area contributed by atoms with Crippen molar-refractivity contribution in [1.82, 2.24) is 15.5 Å². The predicted molar refractivity (Wildman–Crippen MR) is 162 cm³/mol. The lowest BCUT2D eigenvalue weighted by molar-refractivity contribution is -0.144. The zero-order chi connectivity index (χ0) is 30.8. The third-order valence-electron chi connectivity index (χ3n) is 7.66. The van der Waals surface area contributed by atoms with Crippen LogP contribution in [0.3, 0.4) is 0 Å². The van der Waals surface area contributed by atoms with Crippen molar-refractivity contribution in [3.63, 3.8) is 0 Å². The van der Waals surface area contributed by atoms with Gasteiger partial charge in [0.1, 0.15) is 23.9 Å². The molecule has 7 N–H and O–H groups in total. The topological polar surface area (TPSA) is 168 Å². The molecular formula is C33H39N5O5. The highest BCUT2D eigenvalue weighted by Crippen LogP contribution is 2.20. The van der Waals surface area contributed by atoms with Crippen molar-refractivity contribution in [3.05, 3.63) is 102 Å². The van der Waals surface area contributed by atoms with E-state index in [0.717, 1.165) is 29.5 Å². The van der Waals surface area contributed by atoms with Gasteiger partial charge in [-0.25, -0.2) is 0 Å². The largest absolute Gasteiger partial charge is 0.508 e. The van der Waals surface area contributed by atoms with E-state index in [1.165, 1.54) is 17.0 Å². The molecule has 1 aliphatic heterocycles. The van der Waals surface area contributed by atoms with Crippen LogP contribution in [0.5, 0.6) is 5.75 Å². The average Bonchev–Trinajstić information content (AvgIpc) is 3.02. The van der Waals surface area contributed by atoms with E-state index in [4.69, 9.17) is 11.5 Å². The number of primary amides is 1. The molecule has 0 saturated carbocycles. The summed E-state index contributed by atoms with van der Waals surface area (Å²) in [6.07, 6.45) is 2.54. The summed E-state index contributed by atoms with van der Waals surface area (Å²) in [6, 6.07) is 21.2. The van der Waals surface area contributed by atoms with Crippen molar-refractivity contribution < 1.29 is 24.3 Å². The molecule has 3 aromatic carbocycles. The zero-order valence-corrected chi connectivity index (χ0v) is 24.0. The monoisotopic (exact) mass is 585 g/mol. The molecule has 4 amide bonds. The van der Waals surface area contributed by atoms with Crippen molar-refractivity contribution in [2.24, 2.45) is 11.5 Å². The molecule has 226 valence electrons. The summed E-state index contributed by atoms with van der Waals surface area (Å²) in [7, 11) is 0. The molecule has 0 aliphatic carbocycles. The number of benzene rings is 3. The fourth-order valence-electron chi connectivity index (χ4n) is 5.33. The minimum Gasteiger partial charge on any atom is -0.508 e. The van der Waals surface area contributed by atoms with Gasteiger partial charge >= 0.3 is 0 Å². The standard InChI is InChI=1S/C33H39N5O5/c34-26(19-24-14-16-25(39)17-15-24)33(43)38-18-8-7-13-29(38)32(42)37-28(21-23-11-5-2-6-12-23)31(41)36-27(30(35)40)20-22-9-3-1-4-10-22/h1-6,9-12,14-17,26-29,39H,7-8,13,18-21,34H2,(H2,35,40)(H,36,41)(H,37,42)/t26-,27-,28-,29-/m0/s1. The van der Waals surface area contributed by atoms with E-state index >= 15 is 0 Å². The lowest BCUT2D eigenvalue weighted by Crippen LogP contribution is -2.60. The summed E-state index contributed by atoms with van der Waals surface area (Å²) < 4.78 is 0. The number of carbonyl (C=O) groups is 4. The first-order valence-electron chi connectivity index (χ1n) is 14.5. The molecule has 1 heterocycles. The molecule has 4 atom stereocenters. The van der Waals surface area contributed by atoms with Gasteiger partial charge in [0.25, 0.3) is 0 Å². The number of likely N-dealkylation sites (tertiary alicyclic amines) is 1. The molecule has 0 unspecified atom stereocenters. The molecule has 1 fully saturated rings. The quantitative estimate of drug-likeness (QED) is 0.216. The molecule has 1 saturated heterocycles. The van der Waals surface area contributed by atoms with Gasteiger partial charge < -0.3 is 32.1 Å². The number of piperidine rings is 1. The highest BCUT2D eigenvalue weighted by Gasteiger charge is 2.36. The highest BCUT2D eigenvalue weighted by molar-refractivity contribution is 5.95. The van der Waals surface area contributed by atoms with Crippen molar-refractivity contribution in [1.29, 1.82) is 0 Å². The number of hydrogen-bond donors (Lipinski definition) is 5. The number of carbonyl (C=O) groups excluding carboxylic acids is 4. The fourth-order valence-corrected chi connectivity index (χ4v) is 5.33. The van der Waals surface area contributed by atoms with E-state index < -0.39 is 41.9 Å². The first-order chi connectivity index (χ1) is 20.7. The Labute approximate surface area is 251 Å². The second kappa shape index (κ2) is 15.0. The molecule has 0 bridgehead atoms. The third kappa shape index (κ3) is 8.89. The first kappa shape index (κ1) is 31.2. The SMILES string of the molecule is NC(=O)[C@H](Cc1ccccc1)NC(=O)[C@H](Cc1ccccc1)NC(=O)[C@@H]1CCCCN1C(=O)[C@@H](N)Cc1ccc(O)cc1. The van der Waals surface area contributed by atoms with Gasteiger partial charge in [0.05, 0.1) is 6.04 Å². The molecule has 0 spiro atoms. The van der Waals surface area contributed by atoms with Crippen LogP contribution in [-0.4, -0.2) is 64.3 Å². The molecule has 10 heteroatoms. The summed E-state index contributed by atoms with van der Waals surface area (Å²) in [5, 5.41) is 15.1. The maximum absolute atomic E-state index is 13.7. The van der Waals surface area contributed by atoms with E-state index in [1.54, 1.807) is 12.1 Å². The van der Waals surface area contributed by atoms with Crippen LogP contribution < -0.4 is 22.1 Å². The van der Waals surface area contributed by atoms with Gasteiger partial charge in [-0.15, -0.1) is 0 Å². The highest BCUT2D eigenvalue weighted by atomic mass is 16.3. The van der Waals surface area contributed by atoms with E-state index in [-0.39, 0.29) is 30.9 Å². The van der Waals surface area contributed by atoms with Crippen LogP contribution in [0.4, 0.5) is 0 Å². The summed E-state index contributed by atoms with van der Waals surface area (Å²) >= 11 is 0. The normalized spacial score (nSPS) is 16.9. The minimum atomic E-state index is -1.02. The predicted octanol–water partition coefficient (Wildman–Crippen LogP) is 1.58. The Bertz CT molecular complexity index is 1380. The second-order valence-corrected chi connectivity index (χ2v) is 10.9. The Hall–Kier alpha value is -4.70. The molecular weight excluding hydrogens is 546 g/mol. The number of hydrogen-bond acceptors (Lipinski definition) is 6. The van der Waals surface area contributed by atoms with Gasteiger partial charge in [0.2, 0.25) is 23.6 Å². The number of nitrogens with one attached hydrogen (secondary N) is 2. The Balaban J connectivity index is 1.49. The van der Waals surface area contributed by atoms with Crippen molar-refractivity contribution in [2.75, 3.05) is 6.54 Å². The lowest BCUT2D eigenvalue weighted by atomic mass is 9.97. The number of rotatable bonds is 12. The number of amides is 4. The summed E-state index contributed by atoms with van der Waals surface area (Å²) in [4.78, 5) is 54.5. The minimum absolute atomic E-state index is 0.118. The third-order valence-corrected chi connectivity index (χ3v) is 7.66. The van der Waals surface area contributed by atoms with Crippen molar-refractivity contribution in [2.45, 2.75) is 62.7 Å². The number of nitrogens with two attached hydrogens (primary N) is 2. The van der Waals surface area contributed by atoms with E-state index in [9.17, 15) is 24.3 Å². The zero-order valence-electron chi connectivity index (χ0n) is 24.0. The smallest absolute Gasteiger partial charge is 0.243 e. The summed E-state index contributed by atoms with van der Waals surface area (Å²) in [5.41, 5.74) is 14.4. The van der Waals surface area contributed by atoms with Crippen LogP contribution >= 0.6 is 0 Å². The van der Waals surface area contributed by atoms with Crippen LogP contribution in [0.25, 0.3) is 0 Å². The number of phenols is 1. The number of aromatic hydroxyl groups is 1. The Morgan fingerprint density at radius 2 is 1.33 bits per heavy atom. The number of nitrogens with zero attached hydrogens (tertiary/aromatic N) is 1. The summed E-state index contributed by atoms with van der Waals surface area (Å²) in [6.45, 7) is 0.372. The van der Waals surface area contributed by atoms with Gasteiger partial charge in [0, 0.05) is 19.4 Å². The van der Waals surface area contributed by atoms with Crippen LogP contribution in [0, 0.1) is 0 Å². The van der Waals surface area contributed by atoms with Gasteiger partial charge in [-0.05, 0) is 54.5 Å². The molecule has 3 aromatic rings. The molecule has 0 aromatic heterocycles. The fraction of sp³-hybridized carbons (Fsp3) is 0.333. The summed E-state index contributed by atoms with van der Waals surface area (Å²) in [5.74, 6) is -1.93. The molecule has 0 radical (unpaired) electrons. The van der Waals surface area contributed by atoms with E-state index in [1.807, 2.05) is 60.7 Å². The van der Waals surface area contributed by atoms with E-state index in [2.05, 4.69) is 10.6 Å². The number of phenolic OH excluding ortho intramolecular Hbond substituents is 1. The van der Waals surface area contributed by atoms with Crippen LogP contribution in [0.1, 0.15) is 36.0 Å². The van der Waals surface area contributed by atoms with Crippen molar-refractivity contribution >= 4 is 23.6 Å². The van der Waals surface area contributed by atoms with Crippen LogP contribution in [0.2, 0.25) is 0 Å².